The number of aliphatic imine (C=N–C) groups is 1. The summed E-state index contributed by atoms with van der Waals surface area (Å²) >= 11 is 0. The van der Waals surface area contributed by atoms with Crippen LogP contribution in [-0.4, -0.2) is 50.9 Å². The van der Waals surface area contributed by atoms with Gasteiger partial charge in [0.15, 0.2) is 5.96 Å². The molecule has 0 fully saturated rings. The minimum absolute atomic E-state index is 0.143. The minimum Gasteiger partial charge on any atom is -0.383 e. The van der Waals surface area contributed by atoms with Crippen molar-refractivity contribution in [1.29, 1.82) is 0 Å². The lowest BCUT2D eigenvalue weighted by Gasteiger charge is -2.20. The van der Waals surface area contributed by atoms with Crippen LogP contribution in [0.1, 0.15) is 34.6 Å². The normalized spacial score (nSPS) is 14.4. The summed E-state index contributed by atoms with van der Waals surface area (Å²) < 4.78 is 5.10. The second kappa shape index (κ2) is 9.16. The molecule has 0 bridgehead atoms. The van der Waals surface area contributed by atoms with Gasteiger partial charge < -0.3 is 20.7 Å². The van der Waals surface area contributed by atoms with E-state index in [0.29, 0.717) is 6.61 Å². The number of guanidine groups is 1. The second-order valence-corrected chi connectivity index (χ2v) is 5.44. The van der Waals surface area contributed by atoms with Crippen LogP contribution in [0.2, 0.25) is 0 Å². The Bertz CT molecular complexity index is 236. The van der Waals surface area contributed by atoms with E-state index < -0.39 is 0 Å². The molecule has 0 spiro atoms. The molecule has 0 radical (unpaired) electrons. The summed E-state index contributed by atoms with van der Waals surface area (Å²) in [6.07, 6.45) is 0. The lowest BCUT2D eigenvalue weighted by atomic mass is 10.1. The van der Waals surface area contributed by atoms with Crippen molar-refractivity contribution in [2.75, 3.05) is 33.4 Å². The minimum atomic E-state index is 0.143. The number of methoxy groups -OCH3 is 1. The summed E-state index contributed by atoms with van der Waals surface area (Å²) in [6.45, 7) is 13.8. The van der Waals surface area contributed by atoms with E-state index in [1.54, 1.807) is 7.11 Å². The van der Waals surface area contributed by atoms with Gasteiger partial charge >= 0.3 is 0 Å². The zero-order chi connectivity index (χ0) is 14.0. The Hall–Kier alpha value is -0.810. The molecule has 0 aliphatic heterocycles. The topological polar surface area (TPSA) is 57.7 Å². The van der Waals surface area contributed by atoms with E-state index in [0.717, 1.165) is 25.6 Å². The Morgan fingerprint density at radius 3 is 2.50 bits per heavy atom. The Labute approximate surface area is 112 Å². The van der Waals surface area contributed by atoms with Crippen molar-refractivity contribution in [2.24, 2.45) is 4.99 Å². The zero-order valence-corrected chi connectivity index (χ0v) is 12.8. The molecule has 3 N–H and O–H groups in total. The smallest absolute Gasteiger partial charge is 0.191 e. The van der Waals surface area contributed by atoms with Crippen molar-refractivity contribution in [1.82, 2.24) is 16.0 Å². The third-order valence-corrected chi connectivity index (χ3v) is 2.18. The van der Waals surface area contributed by atoms with Crippen molar-refractivity contribution in [3.8, 4) is 0 Å². The van der Waals surface area contributed by atoms with E-state index in [9.17, 15) is 0 Å². The van der Waals surface area contributed by atoms with Gasteiger partial charge in [-0.1, -0.05) is 0 Å². The summed E-state index contributed by atoms with van der Waals surface area (Å²) in [5.74, 6) is 0.845. The summed E-state index contributed by atoms with van der Waals surface area (Å²) in [5, 5.41) is 9.94. The highest BCUT2D eigenvalue weighted by Gasteiger charge is 2.07. The summed E-state index contributed by atoms with van der Waals surface area (Å²) in [4.78, 5) is 4.52. The van der Waals surface area contributed by atoms with E-state index in [1.165, 1.54) is 0 Å². The van der Waals surface area contributed by atoms with Crippen LogP contribution in [0.5, 0.6) is 0 Å². The number of rotatable bonds is 7. The van der Waals surface area contributed by atoms with E-state index >= 15 is 0 Å². The van der Waals surface area contributed by atoms with Crippen LogP contribution in [-0.2, 0) is 4.74 Å². The fourth-order valence-electron chi connectivity index (χ4n) is 1.44. The highest BCUT2D eigenvalue weighted by Crippen LogP contribution is 1.96. The van der Waals surface area contributed by atoms with Gasteiger partial charge in [-0.3, -0.25) is 4.99 Å². The molecule has 0 amide bonds. The number of hydrogen-bond acceptors (Lipinski definition) is 3. The van der Waals surface area contributed by atoms with E-state index in [1.807, 2.05) is 0 Å². The monoisotopic (exact) mass is 258 g/mol. The molecule has 1 unspecified atom stereocenters. The van der Waals surface area contributed by atoms with Gasteiger partial charge in [-0.15, -0.1) is 0 Å². The maximum atomic E-state index is 5.10. The van der Waals surface area contributed by atoms with Crippen LogP contribution in [0.25, 0.3) is 0 Å². The number of nitrogens with one attached hydrogen (secondary N) is 3. The van der Waals surface area contributed by atoms with Crippen LogP contribution in [0, 0.1) is 0 Å². The molecular formula is C13H30N4O. The quantitative estimate of drug-likeness (QED) is 0.362. The van der Waals surface area contributed by atoms with Crippen LogP contribution >= 0.6 is 0 Å². The SMILES string of the molecule is CCNC(=NCCNC(C)(C)C)NC(C)COC. The van der Waals surface area contributed by atoms with Crippen molar-refractivity contribution in [3.05, 3.63) is 0 Å². The van der Waals surface area contributed by atoms with Crippen LogP contribution in [0.15, 0.2) is 4.99 Å². The van der Waals surface area contributed by atoms with Gasteiger partial charge in [-0.25, -0.2) is 0 Å². The van der Waals surface area contributed by atoms with Crippen LogP contribution < -0.4 is 16.0 Å². The van der Waals surface area contributed by atoms with Gasteiger partial charge in [0.25, 0.3) is 0 Å². The van der Waals surface area contributed by atoms with E-state index in [-0.39, 0.29) is 11.6 Å². The number of ether oxygens (including phenoxy) is 1. The predicted molar refractivity (Wildman–Crippen MR) is 78.2 cm³/mol. The highest BCUT2D eigenvalue weighted by atomic mass is 16.5. The van der Waals surface area contributed by atoms with Crippen molar-refractivity contribution in [2.45, 2.75) is 46.2 Å². The Kier molecular flexibility index (Phi) is 8.75. The lowest BCUT2D eigenvalue weighted by Crippen LogP contribution is -2.44. The van der Waals surface area contributed by atoms with E-state index in [2.05, 4.69) is 55.6 Å². The Balaban J connectivity index is 4.07. The van der Waals surface area contributed by atoms with Crippen molar-refractivity contribution < 1.29 is 4.74 Å². The van der Waals surface area contributed by atoms with E-state index in [4.69, 9.17) is 4.74 Å². The molecular weight excluding hydrogens is 228 g/mol. The fourth-order valence-corrected chi connectivity index (χ4v) is 1.44. The first kappa shape index (κ1) is 17.2. The molecule has 5 heteroatoms. The van der Waals surface area contributed by atoms with Crippen LogP contribution in [0.3, 0.4) is 0 Å². The molecule has 0 aromatic heterocycles. The predicted octanol–water partition coefficient (Wildman–Crippen LogP) is 0.965. The molecule has 0 aliphatic rings. The standard InChI is InChI=1S/C13H30N4O/c1-7-14-12(17-11(2)10-18-6)15-8-9-16-13(3,4)5/h11,16H,7-10H2,1-6H3,(H2,14,15,17). The lowest BCUT2D eigenvalue weighted by molar-refractivity contribution is 0.179. The molecule has 0 aromatic rings. The van der Waals surface area contributed by atoms with Gasteiger partial charge in [-0.05, 0) is 34.6 Å². The average molecular weight is 258 g/mol. The van der Waals surface area contributed by atoms with Gasteiger partial charge in [0.05, 0.1) is 13.2 Å². The third kappa shape index (κ3) is 10.4. The molecule has 1 atom stereocenters. The largest absolute Gasteiger partial charge is 0.383 e. The van der Waals surface area contributed by atoms with Gasteiger partial charge in [0, 0.05) is 31.8 Å². The first-order valence-corrected chi connectivity index (χ1v) is 6.68. The molecule has 0 aromatic carbocycles. The molecule has 0 rings (SSSR count). The number of nitrogens with zero attached hydrogens (tertiary/aromatic N) is 1. The van der Waals surface area contributed by atoms with Gasteiger partial charge in [0.1, 0.15) is 0 Å². The molecule has 0 heterocycles. The van der Waals surface area contributed by atoms with Crippen molar-refractivity contribution in [3.63, 3.8) is 0 Å². The summed E-state index contributed by atoms with van der Waals surface area (Å²) in [7, 11) is 1.70. The average Bonchev–Trinajstić information content (AvgIpc) is 2.23. The molecule has 108 valence electrons. The molecule has 0 aliphatic carbocycles. The highest BCUT2D eigenvalue weighted by molar-refractivity contribution is 5.80. The zero-order valence-electron chi connectivity index (χ0n) is 12.8. The third-order valence-electron chi connectivity index (χ3n) is 2.18. The number of hydrogen-bond donors (Lipinski definition) is 3. The van der Waals surface area contributed by atoms with Gasteiger partial charge in [-0.2, -0.15) is 0 Å². The first-order chi connectivity index (χ1) is 8.39. The van der Waals surface area contributed by atoms with Crippen LogP contribution in [0.4, 0.5) is 0 Å². The summed E-state index contributed by atoms with van der Waals surface area (Å²) in [6, 6.07) is 0.253. The molecule has 0 saturated heterocycles. The second-order valence-electron chi connectivity index (χ2n) is 5.44. The Morgan fingerprint density at radius 2 is 2.00 bits per heavy atom. The maximum absolute atomic E-state index is 5.10. The summed E-state index contributed by atoms with van der Waals surface area (Å²) in [5.41, 5.74) is 0.143. The molecule has 18 heavy (non-hydrogen) atoms. The van der Waals surface area contributed by atoms with Gasteiger partial charge in [0.2, 0.25) is 0 Å². The molecule has 5 nitrogen and oxygen atoms in total. The first-order valence-electron chi connectivity index (χ1n) is 6.68. The molecule has 0 saturated carbocycles. The fraction of sp³-hybridized carbons (Fsp3) is 0.923. The maximum Gasteiger partial charge on any atom is 0.191 e. The van der Waals surface area contributed by atoms with Crippen molar-refractivity contribution >= 4 is 5.96 Å². The Morgan fingerprint density at radius 1 is 1.33 bits per heavy atom.